The van der Waals surface area contributed by atoms with Gasteiger partial charge in [-0.25, -0.2) is 9.37 Å². The van der Waals surface area contributed by atoms with E-state index in [9.17, 15) is 4.39 Å². The lowest BCUT2D eigenvalue weighted by Crippen LogP contribution is -2.35. The third-order valence-electron chi connectivity index (χ3n) is 4.10. The average molecular weight is 374 g/mol. The van der Waals surface area contributed by atoms with Crippen molar-refractivity contribution >= 4 is 36.6 Å². The normalized spacial score (nSPS) is 18.8. The molecule has 1 aliphatic carbocycles. The molecule has 1 aromatic heterocycles. The van der Waals surface area contributed by atoms with Crippen LogP contribution in [0.4, 0.5) is 16.2 Å². The minimum atomic E-state index is -0.221. The minimum absolute atomic E-state index is 0. The highest BCUT2D eigenvalue weighted by Gasteiger charge is 2.29. The summed E-state index contributed by atoms with van der Waals surface area (Å²) in [7, 11) is 1.87. The molecule has 0 aliphatic heterocycles. The highest BCUT2D eigenvalue weighted by molar-refractivity contribution is 5.85. The highest BCUT2D eigenvalue weighted by Crippen LogP contribution is 2.35. The Morgan fingerprint density at radius 1 is 1.21 bits per heavy atom. The Morgan fingerprint density at radius 3 is 2.50 bits per heavy atom. The van der Waals surface area contributed by atoms with Gasteiger partial charge in [0.1, 0.15) is 11.6 Å². The molecule has 0 atom stereocenters. The average Bonchev–Trinajstić information content (AvgIpc) is 2.45. The summed E-state index contributed by atoms with van der Waals surface area (Å²) in [6.45, 7) is 0.423. The minimum Gasteiger partial charge on any atom is -0.368 e. The van der Waals surface area contributed by atoms with E-state index >= 15 is 0 Å². The molecule has 132 valence electrons. The van der Waals surface area contributed by atoms with Crippen molar-refractivity contribution in [1.29, 1.82) is 0 Å². The fraction of sp³-hybridized carbons (Fsp3) is 0.375. The zero-order valence-corrected chi connectivity index (χ0v) is 15.0. The van der Waals surface area contributed by atoms with Crippen LogP contribution >= 0.6 is 24.8 Å². The third kappa shape index (κ3) is 4.47. The zero-order valence-electron chi connectivity index (χ0n) is 13.4. The summed E-state index contributed by atoms with van der Waals surface area (Å²) in [6, 6.07) is 8.90. The molecule has 2 aromatic rings. The third-order valence-corrected chi connectivity index (χ3v) is 4.10. The first-order chi connectivity index (χ1) is 10.5. The molecule has 0 radical (unpaired) electrons. The first-order valence-corrected chi connectivity index (χ1v) is 7.37. The molecule has 0 amide bonds. The van der Waals surface area contributed by atoms with Crippen LogP contribution in [0.3, 0.4) is 0 Å². The van der Waals surface area contributed by atoms with Crippen LogP contribution in [-0.4, -0.2) is 23.1 Å². The predicted molar refractivity (Wildman–Crippen MR) is 99.4 cm³/mol. The highest BCUT2D eigenvalue weighted by atomic mass is 35.5. The van der Waals surface area contributed by atoms with Gasteiger partial charge in [0.25, 0.3) is 0 Å². The molecule has 5 nitrogen and oxygen atoms in total. The molecule has 1 fully saturated rings. The summed E-state index contributed by atoms with van der Waals surface area (Å²) < 4.78 is 13.8. The second kappa shape index (κ2) is 8.46. The van der Waals surface area contributed by atoms with E-state index in [2.05, 4.69) is 9.97 Å². The van der Waals surface area contributed by atoms with Gasteiger partial charge in [0.2, 0.25) is 5.95 Å². The maximum Gasteiger partial charge on any atom is 0.222 e. The van der Waals surface area contributed by atoms with E-state index in [1.807, 2.05) is 24.1 Å². The fourth-order valence-corrected chi connectivity index (χ4v) is 2.74. The number of hydrogen-bond acceptors (Lipinski definition) is 5. The molecule has 24 heavy (non-hydrogen) atoms. The van der Waals surface area contributed by atoms with E-state index in [4.69, 9.17) is 11.5 Å². The molecule has 1 aromatic carbocycles. The second-order valence-electron chi connectivity index (χ2n) is 5.89. The topological polar surface area (TPSA) is 81.1 Å². The van der Waals surface area contributed by atoms with Crippen LogP contribution in [0.5, 0.6) is 0 Å². The van der Waals surface area contributed by atoms with Crippen LogP contribution in [0.2, 0.25) is 0 Å². The second-order valence-corrected chi connectivity index (χ2v) is 5.89. The number of aromatic nitrogens is 2. The van der Waals surface area contributed by atoms with E-state index in [0.717, 1.165) is 18.5 Å². The van der Waals surface area contributed by atoms with E-state index in [1.165, 1.54) is 6.07 Å². The monoisotopic (exact) mass is 373 g/mol. The van der Waals surface area contributed by atoms with Crippen LogP contribution in [0.15, 0.2) is 30.3 Å². The number of hydrogen-bond donors (Lipinski definition) is 2. The lowest BCUT2D eigenvalue weighted by atomic mass is 9.78. The lowest BCUT2D eigenvalue weighted by Gasteiger charge is -2.32. The van der Waals surface area contributed by atoms with E-state index in [-0.39, 0.29) is 42.6 Å². The van der Waals surface area contributed by atoms with Crippen LogP contribution in [0.1, 0.15) is 30.0 Å². The zero-order chi connectivity index (χ0) is 15.7. The Bertz CT molecular complexity index is 679. The summed E-state index contributed by atoms with van der Waals surface area (Å²) in [4.78, 5) is 10.4. The van der Waals surface area contributed by atoms with Crippen LogP contribution in [-0.2, 0) is 6.54 Å². The largest absolute Gasteiger partial charge is 0.368 e. The van der Waals surface area contributed by atoms with Gasteiger partial charge in [-0.15, -0.1) is 24.8 Å². The molecule has 4 N–H and O–H groups in total. The smallest absolute Gasteiger partial charge is 0.222 e. The molecular weight excluding hydrogens is 352 g/mol. The van der Waals surface area contributed by atoms with Crippen molar-refractivity contribution in [3.8, 4) is 0 Å². The lowest BCUT2D eigenvalue weighted by molar-refractivity contribution is 0.345. The van der Waals surface area contributed by atoms with Crippen molar-refractivity contribution in [2.24, 2.45) is 5.73 Å². The van der Waals surface area contributed by atoms with E-state index < -0.39 is 0 Å². The molecule has 3 rings (SSSR count). The standard InChI is InChI=1S/C16H20FN5.2ClH/c1-22(9-10-4-2-3-5-13(10)17)15-8-14(20-16(19)21-15)11-6-12(18)7-11;;/h2-5,8,11-12H,6-7,9,18H2,1H3,(H2,19,20,21);2*1H. The van der Waals surface area contributed by atoms with Gasteiger partial charge in [0.05, 0.1) is 5.69 Å². The summed E-state index contributed by atoms with van der Waals surface area (Å²) in [5.74, 6) is 1.07. The van der Waals surface area contributed by atoms with Gasteiger partial charge < -0.3 is 16.4 Å². The molecule has 1 saturated carbocycles. The van der Waals surface area contributed by atoms with Crippen molar-refractivity contribution in [3.05, 3.63) is 47.4 Å². The molecule has 1 heterocycles. The van der Waals surface area contributed by atoms with Gasteiger partial charge in [0.15, 0.2) is 0 Å². The van der Waals surface area contributed by atoms with Crippen LogP contribution < -0.4 is 16.4 Å². The van der Waals surface area contributed by atoms with E-state index in [1.54, 1.807) is 12.1 Å². The Morgan fingerprint density at radius 2 is 1.88 bits per heavy atom. The Hall–Kier alpha value is -1.63. The molecule has 0 spiro atoms. The molecule has 8 heteroatoms. The van der Waals surface area contributed by atoms with Crippen molar-refractivity contribution < 1.29 is 4.39 Å². The van der Waals surface area contributed by atoms with Crippen LogP contribution in [0.25, 0.3) is 0 Å². The first kappa shape index (κ1) is 20.4. The maximum absolute atomic E-state index is 13.8. The number of nitrogens with two attached hydrogens (primary N) is 2. The predicted octanol–water partition coefficient (Wildman–Crippen LogP) is 2.88. The van der Waals surface area contributed by atoms with Crippen molar-refractivity contribution in [3.63, 3.8) is 0 Å². The van der Waals surface area contributed by atoms with Crippen LogP contribution in [0, 0.1) is 5.82 Å². The number of halogens is 3. The number of rotatable bonds is 4. The maximum atomic E-state index is 13.8. The Kier molecular flexibility index (Phi) is 7.20. The molecular formula is C16H22Cl2FN5. The molecule has 0 bridgehead atoms. The molecule has 1 aliphatic rings. The summed E-state index contributed by atoms with van der Waals surface area (Å²) >= 11 is 0. The SMILES string of the molecule is CN(Cc1ccccc1F)c1cc(C2CC(N)C2)nc(N)n1.Cl.Cl. The van der Waals surface area contributed by atoms with Crippen molar-refractivity contribution in [1.82, 2.24) is 9.97 Å². The fourth-order valence-electron chi connectivity index (χ4n) is 2.74. The molecule has 0 unspecified atom stereocenters. The first-order valence-electron chi connectivity index (χ1n) is 7.37. The number of nitrogens with zero attached hydrogens (tertiary/aromatic N) is 3. The Balaban J connectivity index is 0.00000144. The van der Waals surface area contributed by atoms with Gasteiger partial charge in [0, 0.05) is 37.2 Å². The van der Waals surface area contributed by atoms with E-state index in [0.29, 0.717) is 23.8 Å². The van der Waals surface area contributed by atoms with Gasteiger partial charge in [-0.1, -0.05) is 18.2 Å². The van der Waals surface area contributed by atoms with Gasteiger partial charge >= 0.3 is 0 Å². The summed E-state index contributed by atoms with van der Waals surface area (Å²) in [5.41, 5.74) is 13.2. The van der Waals surface area contributed by atoms with Crippen molar-refractivity contribution in [2.45, 2.75) is 31.3 Å². The summed E-state index contributed by atoms with van der Waals surface area (Å²) in [5, 5.41) is 0. The number of anilines is 2. The van der Waals surface area contributed by atoms with Gasteiger partial charge in [-0.3, -0.25) is 0 Å². The van der Waals surface area contributed by atoms with Crippen molar-refractivity contribution in [2.75, 3.05) is 17.7 Å². The van der Waals surface area contributed by atoms with Gasteiger partial charge in [-0.05, 0) is 18.9 Å². The quantitative estimate of drug-likeness (QED) is 0.860. The number of benzene rings is 1. The summed E-state index contributed by atoms with van der Waals surface area (Å²) in [6.07, 6.45) is 1.85. The molecule has 0 saturated heterocycles. The Labute approximate surface area is 153 Å². The number of nitrogen functional groups attached to an aromatic ring is 1. The van der Waals surface area contributed by atoms with Gasteiger partial charge in [-0.2, -0.15) is 4.98 Å².